The van der Waals surface area contributed by atoms with Gasteiger partial charge < -0.3 is 24.4 Å². The summed E-state index contributed by atoms with van der Waals surface area (Å²) >= 11 is 3.45. The maximum atomic E-state index is 12.5. The minimum absolute atomic E-state index is 0.000646. The van der Waals surface area contributed by atoms with Gasteiger partial charge >= 0.3 is 5.97 Å². The van der Waals surface area contributed by atoms with Crippen molar-refractivity contribution in [1.82, 2.24) is 0 Å². The maximum absolute atomic E-state index is 12.5. The minimum Gasteiger partial charge on any atom is -0.497 e. The Balaban J connectivity index is 1.59. The van der Waals surface area contributed by atoms with Crippen LogP contribution in [-0.2, 0) is 19.1 Å². The van der Waals surface area contributed by atoms with Crippen molar-refractivity contribution in [3.8, 4) is 11.5 Å². The average molecular weight is 505 g/mol. The van der Waals surface area contributed by atoms with Gasteiger partial charge in [0.1, 0.15) is 11.5 Å². The number of methoxy groups -OCH3 is 2. The number of nitrogens with zero attached hydrogens (tertiary/aromatic N) is 1. The van der Waals surface area contributed by atoms with E-state index in [4.69, 9.17) is 14.2 Å². The summed E-state index contributed by atoms with van der Waals surface area (Å²) in [4.78, 5) is 38.8. The van der Waals surface area contributed by atoms with E-state index in [0.29, 0.717) is 22.9 Å². The minimum atomic E-state index is -0.668. The second-order valence-electron chi connectivity index (χ2n) is 7.52. The van der Waals surface area contributed by atoms with Crippen molar-refractivity contribution in [3.05, 3.63) is 45.9 Å². The predicted molar refractivity (Wildman–Crippen MR) is 123 cm³/mol. The number of amides is 2. The number of nitrogens with one attached hydrogen (secondary N) is 1. The van der Waals surface area contributed by atoms with E-state index >= 15 is 0 Å². The fourth-order valence-electron chi connectivity index (χ4n) is 3.46. The first kappa shape index (κ1) is 23.6. The molecule has 0 aromatic heterocycles. The van der Waals surface area contributed by atoms with Crippen molar-refractivity contribution >= 4 is 45.1 Å². The average Bonchev–Trinajstić information content (AvgIpc) is 3.16. The summed E-state index contributed by atoms with van der Waals surface area (Å²) in [6, 6.07) is 8.84. The van der Waals surface area contributed by atoms with Crippen LogP contribution < -0.4 is 19.7 Å². The summed E-state index contributed by atoms with van der Waals surface area (Å²) < 4.78 is 16.7. The molecule has 0 bridgehead atoms. The van der Waals surface area contributed by atoms with Crippen molar-refractivity contribution in [2.24, 2.45) is 5.92 Å². The Kier molecular flexibility index (Phi) is 7.40. The second kappa shape index (κ2) is 10.0. The highest BCUT2D eigenvalue weighted by atomic mass is 79.9. The first-order chi connectivity index (χ1) is 15.2. The highest BCUT2D eigenvalue weighted by Crippen LogP contribution is 2.36. The van der Waals surface area contributed by atoms with Crippen LogP contribution in [-0.4, -0.2) is 45.2 Å². The molecule has 3 rings (SSSR count). The Morgan fingerprint density at radius 3 is 2.56 bits per heavy atom. The highest BCUT2D eigenvalue weighted by molar-refractivity contribution is 9.10. The number of aryl methyl sites for hydroxylation is 2. The number of carbonyl (C=O) groups excluding carboxylic acids is 3. The largest absolute Gasteiger partial charge is 0.497 e. The number of ether oxygens (including phenoxy) is 3. The van der Waals surface area contributed by atoms with Crippen LogP contribution in [0.15, 0.2) is 34.8 Å². The van der Waals surface area contributed by atoms with Gasteiger partial charge in [0.25, 0.3) is 5.91 Å². The molecule has 0 unspecified atom stereocenters. The lowest BCUT2D eigenvalue weighted by Gasteiger charge is -2.20. The fourth-order valence-corrected chi connectivity index (χ4v) is 3.92. The summed E-state index contributed by atoms with van der Waals surface area (Å²) in [6.07, 6.45) is 0.000646. The van der Waals surface area contributed by atoms with Crippen LogP contribution in [0.1, 0.15) is 17.5 Å². The summed E-state index contributed by atoms with van der Waals surface area (Å²) in [7, 11) is 3.04. The highest BCUT2D eigenvalue weighted by Gasteiger charge is 2.37. The standard InChI is InChI=1S/C23H25BrN2O6/c1-13-8-18(14(2)7-17(13)24)25-21(27)12-32-23(29)15-9-22(28)26(11-15)19-6-5-16(30-3)10-20(19)31-4/h5-8,10,15H,9,11-12H2,1-4H3,(H,25,27)/t15-/m0/s1. The third-order valence-electron chi connectivity index (χ3n) is 5.26. The van der Waals surface area contributed by atoms with Crippen LogP contribution in [0.5, 0.6) is 11.5 Å². The molecule has 9 heteroatoms. The number of benzene rings is 2. The monoisotopic (exact) mass is 504 g/mol. The van der Waals surface area contributed by atoms with E-state index in [1.165, 1.54) is 19.1 Å². The molecule has 1 aliphatic heterocycles. The fraction of sp³-hybridized carbons (Fsp3) is 0.348. The van der Waals surface area contributed by atoms with E-state index in [1.54, 1.807) is 18.2 Å². The normalized spacial score (nSPS) is 15.5. The van der Waals surface area contributed by atoms with Gasteiger partial charge in [-0.2, -0.15) is 0 Å². The molecule has 2 amide bonds. The molecule has 2 aromatic rings. The number of hydrogen-bond acceptors (Lipinski definition) is 6. The Labute approximate surface area is 194 Å². The number of esters is 1. The van der Waals surface area contributed by atoms with Crippen LogP contribution in [0.2, 0.25) is 0 Å². The number of carbonyl (C=O) groups is 3. The first-order valence-electron chi connectivity index (χ1n) is 9.99. The van der Waals surface area contributed by atoms with Gasteiger partial charge in [0, 0.05) is 29.2 Å². The van der Waals surface area contributed by atoms with E-state index in [-0.39, 0.29) is 18.9 Å². The topological polar surface area (TPSA) is 94.2 Å². The van der Waals surface area contributed by atoms with Crippen LogP contribution in [0.3, 0.4) is 0 Å². The van der Waals surface area contributed by atoms with Crippen LogP contribution in [0, 0.1) is 19.8 Å². The molecular weight excluding hydrogens is 480 g/mol. The van der Waals surface area contributed by atoms with Crippen molar-refractivity contribution < 1.29 is 28.6 Å². The van der Waals surface area contributed by atoms with Crippen molar-refractivity contribution in [2.75, 3.05) is 37.6 Å². The second-order valence-corrected chi connectivity index (χ2v) is 8.37. The molecule has 2 aromatic carbocycles. The zero-order valence-corrected chi connectivity index (χ0v) is 19.9. The molecule has 1 heterocycles. The summed E-state index contributed by atoms with van der Waals surface area (Å²) in [6.45, 7) is 3.51. The Morgan fingerprint density at radius 1 is 1.12 bits per heavy atom. The Morgan fingerprint density at radius 2 is 1.88 bits per heavy atom. The van der Waals surface area contributed by atoms with Gasteiger partial charge in [0.2, 0.25) is 5.91 Å². The lowest BCUT2D eigenvalue weighted by molar-refractivity contribution is -0.151. The van der Waals surface area contributed by atoms with Crippen molar-refractivity contribution in [1.29, 1.82) is 0 Å². The third-order valence-corrected chi connectivity index (χ3v) is 6.12. The van der Waals surface area contributed by atoms with Crippen LogP contribution >= 0.6 is 15.9 Å². The molecule has 1 atom stereocenters. The smallest absolute Gasteiger partial charge is 0.311 e. The molecule has 1 N–H and O–H groups in total. The third kappa shape index (κ3) is 5.21. The van der Waals surface area contributed by atoms with Gasteiger partial charge in [-0.05, 0) is 49.2 Å². The van der Waals surface area contributed by atoms with E-state index in [1.807, 2.05) is 26.0 Å². The van der Waals surface area contributed by atoms with E-state index < -0.39 is 24.4 Å². The molecule has 8 nitrogen and oxygen atoms in total. The molecule has 0 radical (unpaired) electrons. The molecule has 0 spiro atoms. The summed E-state index contributed by atoms with van der Waals surface area (Å²) in [5.74, 6) is -0.866. The molecule has 0 aliphatic carbocycles. The molecule has 1 aliphatic rings. The van der Waals surface area contributed by atoms with E-state index in [0.717, 1.165) is 15.6 Å². The van der Waals surface area contributed by atoms with Gasteiger partial charge in [0.15, 0.2) is 6.61 Å². The maximum Gasteiger partial charge on any atom is 0.311 e. The van der Waals surface area contributed by atoms with Gasteiger partial charge in [-0.25, -0.2) is 0 Å². The predicted octanol–water partition coefficient (Wildman–Crippen LogP) is 3.62. The quantitative estimate of drug-likeness (QED) is 0.578. The number of hydrogen-bond donors (Lipinski definition) is 1. The lowest BCUT2D eigenvalue weighted by atomic mass is 10.1. The molecule has 1 saturated heterocycles. The van der Waals surface area contributed by atoms with E-state index in [9.17, 15) is 14.4 Å². The molecule has 170 valence electrons. The van der Waals surface area contributed by atoms with Gasteiger partial charge in [-0.15, -0.1) is 0 Å². The van der Waals surface area contributed by atoms with Gasteiger partial charge in [-0.3, -0.25) is 14.4 Å². The van der Waals surface area contributed by atoms with Crippen molar-refractivity contribution in [3.63, 3.8) is 0 Å². The molecule has 1 fully saturated rings. The summed E-state index contributed by atoms with van der Waals surface area (Å²) in [5.41, 5.74) is 3.06. The number of anilines is 2. The summed E-state index contributed by atoms with van der Waals surface area (Å²) in [5, 5.41) is 2.75. The SMILES string of the molecule is COc1ccc(N2C[C@@H](C(=O)OCC(=O)Nc3cc(C)c(Br)cc3C)CC2=O)c(OC)c1. The number of halogens is 1. The van der Waals surface area contributed by atoms with Gasteiger partial charge in [0.05, 0.1) is 25.8 Å². The number of rotatable bonds is 7. The zero-order valence-electron chi connectivity index (χ0n) is 18.4. The molecule has 0 saturated carbocycles. The Hall–Kier alpha value is -3.07. The zero-order chi connectivity index (χ0) is 23.4. The lowest BCUT2D eigenvalue weighted by Crippen LogP contribution is -2.28. The van der Waals surface area contributed by atoms with Crippen LogP contribution in [0.25, 0.3) is 0 Å². The van der Waals surface area contributed by atoms with Gasteiger partial charge in [-0.1, -0.05) is 15.9 Å². The van der Waals surface area contributed by atoms with Crippen LogP contribution in [0.4, 0.5) is 11.4 Å². The first-order valence-corrected chi connectivity index (χ1v) is 10.8. The molecular formula is C23H25BrN2O6. The Bertz CT molecular complexity index is 1060. The van der Waals surface area contributed by atoms with Crippen molar-refractivity contribution in [2.45, 2.75) is 20.3 Å². The van der Waals surface area contributed by atoms with E-state index in [2.05, 4.69) is 21.2 Å². The molecule has 32 heavy (non-hydrogen) atoms.